The summed E-state index contributed by atoms with van der Waals surface area (Å²) in [4.78, 5) is 26.9. The quantitative estimate of drug-likeness (QED) is 0.767. The summed E-state index contributed by atoms with van der Waals surface area (Å²) in [5.74, 6) is -0.186. The highest BCUT2D eigenvalue weighted by Gasteiger charge is 2.26. The van der Waals surface area contributed by atoms with Crippen LogP contribution in [-0.4, -0.2) is 48.8 Å². The minimum Gasteiger partial charge on any atom is -0.399 e. The normalized spacial score (nSPS) is 14.3. The van der Waals surface area contributed by atoms with E-state index in [0.29, 0.717) is 17.8 Å². The maximum Gasteiger partial charge on any atom is 0.254 e. The lowest BCUT2D eigenvalue weighted by molar-refractivity contribution is -0.129. The summed E-state index contributed by atoms with van der Waals surface area (Å²) in [5, 5.41) is 0. The fraction of sp³-hybridized carbons (Fsp3) is 0.385. The van der Waals surface area contributed by atoms with E-state index in [1.807, 2.05) is 6.07 Å². The number of benzene rings is 1. The molecule has 1 aromatic rings. The molecule has 0 fully saturated rings. The van der Waals surface area contributed by atoms with Crippen molar-refractivity contribution in [2.24, 2.45) is 0 Å². The van der Waals surface area contributed by atoms with E-state index in [0.717, 1.165) is 12.0 Å². The van der Waals surface area contributed by atoms with E-state index in [1.165, 1.54) is 4.90 Å². The Hall–Kier alpha value is -2.04. The molecular weight excluding hydrogens is 230 g/mol. The summed E-state index contributed by atoms with van der Waals surface area (Å²) in [6.07, 6.45) is 0.766. The molecule has 0 unspecified atom stereocenters. The second-order valence-electron chi connectivity index (χ2n) is 4.68. The summed E-state index contributed by atoms with van der Waals surface area (Å²) in [7, 11) is 3.37. The van der Waals surface area contributed by atoms with E-state index < -0.39 is 0 Å². The monoisotopic (exact) mass is 247 g/mol. The highest BCUT2D eigenvalue weighted by atomic mass is 16.2. The van der Waals surface area contributed by atoms with Crippen LogP contribution in [0.4, 0.5) is 5.69 Å². The van der Waals surface area contributed by atoms with Crippen molar-refractivity contribution in [3.63, 3.8) is 0 Å². The highest BCUT2D eigenvalue weighted by molar-refractivity contribution is 5.99. The van der Waals surface area contributed by atoms with E-state index in [9.17, 15) is 9.59 Å². The summed E-state index contributed by atoms with van der Waals surface area (Å²) in [6.45, 7) is 0.704. The lowest BCUT2D eigenvalue weighted by atomic mass is 9.98. The molecule has 0 spiro atoms. The largest absolute Gasteiger partial charge is 0.399 e. The van der Waals surface area contributed by atoms with E-state index in [-0.39, 0.29) is 18.4 Å². The molecule has 1 aliphatic heterocycles. The number of hydrogen-bond acceptors (Lipinski definition) is 3. The van der Waals surface area contributed by atoms with Gasteiger partial charge in [0.25, 0.3) is 5.91 Å². The topological polar surface area (TPSA) is 66.6 Å². The number of rotatable bonds is 2. The zero-order chi connectivity index (χ0) is 13.3. The number of likely N-dealkylation sites (N-methyl/N-ethyl adjacent to an activating group) is 1. The third kappa shape index (κ3) is 2.30. The van der Waals surface area contributed by atoms with Crippen LogP contribution in [0.25, 0.3) is 0 Å². The molecule has 0 saturated carbocycles. The van der Waals surface area contributed by atoms with Gasteiger partial charge in [0, 0.05) is 31.9 Å². The Morgan fingerprint density at radius 2 is 2.17 bits per heavy atom. The Bertz CT molecular complexity index is 497. The van der Waals surface area contributed by atoms with Crippen LogP contribution in [0.2, 0.25) is 0 Å². The maximum absolute atomic E-state index is 12.2. The third-order valence-electron chi connectivity index (χ3n) is 3.13. The zero-order valence-electron chi connectivity index (χ0n) is 10.6. The van der Waals surface area contributed by atoms with Crippen LogP contribution in [0.1, 0.15) is 15.9 Å². The fourth-order valence-corrected chi connectivity index (χ4v) is 1.99. The van der Waals surface area contributed by atoms with Gasteiger partial charge in [0.1, 0.15) is 6.54 Å². The Balaban J connectivity index is 2.20. The molecule has 2 amide bonds. The van der Waals surface area contributed by atoms with Crippen LogP contribution < -0.4 is 5.73 Å². The smallest absolute Gasteiger partial charge is 0.254 e. The average Bonchev–Trinajstić information content (AvgIpc) is 2.33. The van der Waals surface area contributed by atoms with E-state index >= 15 is 0 Å². The molecule has 0 atom stereocenters. The van der Waals surface area contributed by atoms with Crippen molar-refractivity contribution in [2.75, 3.05) is 32.9 Å². The number of carbonyl (C=O) groups is 2. The zero-order valence-corrected chi connectivity index (χ0v) is 10.6. The molecule has 1 aliphatic rings. The van der Waals surface area contributed by atoms with Gasteiger partial charge in [-0.2, -0.15) is 0 Å². The van der Waals surface area contributed by atoms with Crippen molar-refractivity contribution >= 4 is 17.5 Å². The number of nitrogen functional groups attached to an aromatic ring is 1. The van der Waals surface area contributed by atoms with Crippen molar-refractivity contribution < 1.29 is 9.59 Å². The van der Waals surface area contributed by atoms with Crippen molar-refractivity contribution in [2.45, 2.75) is 6.42 Å². The Labute approximate surface area is 106 Å². The molecule has 1 heterocycles. The molecule has 5 nitrogen and oxygen atoms in total. The number of fused-ring (bicyclic) bond motifs is 1. The van der Waals surface area contributed by atoms with Crippen LogP contribution in [0.5, 0.6) is 0 Å². The van der Waals surface area contributed by atoms with Gasteiger partial charge in [-0.1, -0.05) is 6.07 Å². The first-order valence-corrected chi connectivity index (χ1v) is 5.87. The second kappa shape index (κ2) is 4.68. The lowest BCUT2D eigenvalue weighted by Crippen LogP contribution is -2.43. The predicted octanol–water partition coefficient (Wildman–Crippen LogP) is 0.355. The molecule has 0 aromatic heterocycles. The summed E-state index contributed by atoms with van der Waals surface area (Å²) in [5.41, 5.74) is 7.89. The first kappa shape index (κ1) is 12.4. The van der Waals surface area contributed by atoms with Gasteiger partial charge in [-0.05, 0) is 24.1 Å². The van der Waals surface area contributed by atoms with Gasteiger partial charge < -0.3 is 15.5 Å². The minimum atomic E-state index is -0.112. The molecule has 2 N–H and O–H groups in total. The number of anilines is 1. The molecule has 0 radical (unpaired) electrons. The number of nitrogens with zero attached hydrogens (tertiary/aromatic N) is 2. The average molecular weight is 247 g/mol. The Morgan fingerprint density at radius 1 is 1.44 bits per heavy atom. The van der Waals surface area contributed by atoms with Crippen LogP contribution in [0, 0.1) is 0 Å². The van der Waals surface area contributed by atoms with E-state index in [4.69, 9.17) is 5.73 Å². The first-order valence-electron chi connectivity index (χ1n) is 5.87. The minimum absolute atomic E-state index is 0.0734. The van der Waals surface area contributed by atoms with Gasteiger partial charge in [-0.3, -0.25) is 9.59 Å². The van der Waals surface area contributed by atoms with Crippen LogP contribution in [-0.2, 0) is 11.2 Å². The molecule has 0 bridgehead atoms. The van der Waals surface area contributed by atoms with Crippen molar-refractivity contribution in [3.05, 3.63) is 29.3 Å². The summed E-state index contributed by atoms with van der Waals surface area (Å²) >= 11 is 0. The van der Waals surface area contributed by atoms with Gasteiger partial charge in [0.2, 0.25) is 5.91 Å². The molecule has 2 rings (SSSR count). The molecule has 1 aromatic carbocycles. The molecule has 18 heavy (non-hydrogen) atoms. The fourth-order valence-electron chi connectivity index (χ4n) is 1.99. The van der Waals surface area contributed by atoms with Gasteiger partial charge in [-0.25, -0.2) is 0 Å². The number of hydrogen-bond donors (Lipinski definition) is 1. The van der Waals surface area contributed by atoms with Crippen LogP contribution in [0.15, 0.2) is 18.2 Å². The Kier molecular flexibility index (Phi) is 3.23. The van der Waals surface area contributed by atoms with Crippen molar-refractivity contribution in [1.82, 2.24) is 9.80 Å². The van der Waals surface area contributed by atoms with Gasteiger partial charge in [-0.15, -0.1) is 0 Å². The molecule has 96 valence electrons. The number of amides is 2. The SMILES string of the molecule is CN(C)C(=O)CN1CCc2ccc(N)cc2C1=O. The molecule has 5 heteroatoms. The number of carbonyl (C=O) groups excluding carboxylic acids is 2. The first-order chi connectivity index (χ1) is 8.49. The highest BCUT2D eigenvalue weighted by Crippen LogP contribution is 2.21. The lowest BCUT2D eigenvalue weighted by Gasteiger charge is -2.29. The molecule has 0 saturated heterocycles. The van der Waals surface area contributed by atoms with E-state index in [1.54, 1.807) is 31.1 Å². The van der Waals surface area contributed by atoms with Crippen molar-refractivity contribution in [3.8, 4) is 0 Å². The summed E-state index contributed by atoms with van der Waals surface area (Å²) < 4.78 is 0. The summed E-state index contributed by atoms with van der Waals surface area (Å²) in [6, 6.07) is 5.37. The Morgan fingerprint density at radius 3 is 2.83 bits per heavy atom. The maximum atomic E-state index is 12.2. The standard InChI is InChI=1S/C13H17N3O2/c1-15(2)12(17)8-16-6-5-9-3-4-10(14)7-11(9)13(16)18/h3-4,7H,5-6,8,14H2,1-2H3. The van der Waals surface area contributed by atoms with Gasteiger partial charge in [0.15, 0.2) is 0 Å². The molecule has 0 aliphatic carbocycles. The van der Waals surface area contributed by atoms with E-state index in [2.05, 4.69) is 0 Å². The van der Waals surface area contributed by atoms with Crippen molar-refractivity contribution in [1.29, 1.82) is 0 Å². The number of nitrogens with two attached hydrogens (primary N) is 1. The van der Waals surface area contributed by atoms with Gasteiger partial charge in [0.05, 0.1) is 0 Å². The predicted molar refractivity (Wildman–Crippen MR) is 69.2 cm³/mol. The van der Waals surface area contributed by atoms with Crippen LogP contribution in [0.3, 0.4) is 0 Å². The second-order valence-corrected chi connectivity index (χ2v) is 4.68. The van der Waals surface area contributed by atoms with Gasteiger partial charge >= 0.3 is 0 Å². The van der Waals surface area contributed by atoms with Crippen LogP contribution >= 0.6 is 0 Å². The third-order valence-corrected chi connectivity index (χ3v) is 3.13. The molecular formula is C13H17N3O2.